The lowest BCUT2D eigenvalue weighted by Crippen LogP contribution is -2.13. The van der Waals surface area contributed by atoms with Crippen LogP contribution < -0.4 is 0 Å². The number of aliphatic hydroxyl groups excluding tert-OH is 1. The van der Waals surface area contributed by atoms with Crippen LogP contribution in [-0.4, -0.2) is 23.1 Å². The van der Waals surface area contributed by atoms with Crippen LogP contribution in [0, 0.1) is 12.7 Å². The first-order valence-electron chi connectivity index (χ1n) is 6.25. The molecule has 4 heteroatoms. The summed E-state index contributed by atoms with van der Waals surface area (Å²) in [5.41, 5.74) is 1.29. The lowest BCUT2D eigenvalue weighted by Gasteiger charge is -2.18. The fourth-order valence-corrected chi connectivity index (χ4v) is 3.55. The van der Waals surface area contributed by atoms with Gasteiger partial charge in [-0.2, -0.15) is 0 Å². The van der Waals surface area contributed by atoms with E-state index in [2.05, 4.69) is 6.92 Å². The second-order valence-electron chi connectivity index (χ2n) is 4.84. The number of hydrogen-bond donors (Lipinski definition) is 1. The van der Waals surface area contributed by atoms with E-state index in [4.69, 9.17) is 4.74 Å². The molecule has 1 aliphatic heterocycles. The van der Waals surface area contributed by atoms with Crippen LogP contribution in [0.25, 0.3) is 0 Å². The van der Waals surface area contributed by atoms with E-state index in [0.29, 0.717) is 16.4 Å². The fourth-order valence-electron chi connectivity index (χ4n) is 2.13. The standard InChI is InChI=1S/C14H19FO2S/c1-8-6-14(11(9(2)16)7-12(8)15)18-13-4-5-17-10(13)3/h6-7,9-10,13,16H,4-5H2,1-3H3/t9-,10?,13?/m1/s1. The minimum Gasteiger partial charge on any atom is -0.389 e. The molecular weight excluding hydrogens is 251 g/mol. The molecule has 0 saturated carbocycles. The Bertz CT molecular complexity index is 434. The van der Waals surface area contributed by atoms with Gasteiger partial charge in [-0.3, -0.25) is 0 Å². The number of rotatable bonds is 3. The highest BCUT2D eigenvalue weighted by molar-refractivity contribution is 8.00. The van der Waals surface area contributed by atoms with E-state index in [0.717, 1.165) is 17.9 Å². The molecule has 0 aromatic heterocycles. The predicted octanol–water partition coefficient (Wildman–Crippen LogP) is 3.46. The second-order valence-corrected chi connectivity index (χ2v) is 6.12. The molecule has 18 heavy (non-hydrogen) atoms. The maximum absolute atomic E-state index is 13.6. The summed E-state index contributed by atoms with van der Waals surface area (Å²) in [7, 11) is 0. The summed E-state index contributed by atoms with van der Waals surface area (Å²) in [6.07, 6.45) is 0.559. The molecule has 2 unspecified atom stereocenters. The highest BCUT2D eigenvalue weighted by Crippen LogP contribution is 2.37. The average Bonchev–Trinajstić information content (AvgIpc) is 2.69. The first-order valence-corrected chi connectivity index (χ1v) is 7.13. The second kappa shape index (κ2) is 5.59. The molecule has 2 rings (SSSR count). The largest absolute Gasteiger partial charge is 0.389 e. The van der Waals surface area contributed by atoms with E-state index in [1.54, 1.807) is 25.6 Å². The highest BCUT2D eigenvalue weighted by Gasteiger charge is 2.26. The quantitative estimate of drug-likeness (QED) is 0.912. The molecule has 100 valence electrons. The number of ether oxygens (including phenoxy) is 1. The van der Waals surface area contributed by atoms with Gasteiger partial charge in [-0.15, -0.1) is 11.8 Å². The van der Waals surface area contributed by atoms with E-state index in [1.165, 1.54) is 6.07 Å². The SMILES string of the molecule is Cc1cc(SC2CCOC2C)c([C@@H](C)O)cc1F. The minimum atomic E-state index is -0.653. The normalized spacial score (nSPS) is 25.4. The van der Waals surface area contributed by atoms with Crippen molar-refractivity contribution in [3.63, 3.8) is 0 Å². The number of hydrogen-bond acceptors (Lipinski definition) is 3. The molecule has 0 bridgehead atoms. The fraction of sp³-hybridized carbons (Fsp3) is 0.571. The van der Waals surface area contributed by atoms with Gasteiger partial charge in [0.2, 0.25) is 0 Å². The Morgan fingerprint density at radius 1 is 1.50 bits per heavy atom. The zero-order chi connectivity index (χ0) is 13.3. The summed E-state index contributed by atoms with van der Waals surface area (Å²) in [6, 6.07) is 3.27. The lowest BCUT2D eigenvalue weighted by atomic mass is 10.1. The van der Waals surface area contributed by atoms with Crippen molar-refractivity contribution in [1.82, 2.24) is 0 Å². The van der Waals surface area contributed by atoms with Crippen LogP contribution in [0.2, 0.25) is 0 Å². The molecule has 1 aromatic rings. The molecule has 1 fully saturated rings. The van der Waals surface area contributed by atoms with Crippen molar-refractivity contribution in [3.05, 3.63) is 29.1 Å². The van der Waals surface area contributed by atoms with E-state index >= 15 is 0 Å². The van der Waals surface area contributed by atoms with Gasteiger partial charge >= 0.3 is 0 Å². The minimum absolute atomic E-state index is 0.210. The topological polar surface area (TPSA) is 29.5 Å². The van der Waals surface area contributed by atoms with Gasteiger partial charge in [-0.25, -0.2) is 4.39 Å². The average molecular weight is 270 g/mol. The number of aryl methyl sites for hydroxylation is 1. The van der Waals surface area contributed by atoms with Gasteiger partial charge in [0, 0.05) is 16.8 Å². The number of thioether (sulfide) groups is 1. The van der Waals surface area contributed by atoms with Crippen LogP contribution in [0.4, 0.5) is 4.39 Å². The first kappa shape index (κ1) is 13.8. The monoisotopic (exact) mass is 270 g/mol. The Morgan fingerprint density at radius 2 is 2.22 bits per heavy atom. The molecule has 1 N–H and O–H groups in total. The number of benzene rings is 1. The summed E-state index contributed by atoms with van der Waals surface area (Å²) in [5, 5.41) is 10.1. The summed E-state index contributed by atoms with van der Waals surface area (Å²) in [6.45, 7) is 6.26. The van der Waals surface area contributed by atoms with E-state index in [1.807, 2.05) is 6.07 Å². The van der Waals surface area contributed by atoms with Crippen molar-refractivity contribution >= 4 is 11.8 Å². The zero-order valence-electron chi connectivity index (χ0n) is 10.9. The Kier molecular flexibility index (Phi) is 4.30. The van der Waals surface area contributed by atoms with E-state index < -0.39 is 6.10 Å². The number of aliphatic hydroxyl groups is 1. The van der Waals surface area contributed by atoms with Gasteiger partial charge in [-0.05, 0) is 50.5 Å². The Morgan fingerprint density at radius 3 is 2.78 bits per heavy atom. The molecule has 1 aliphatic rings. The van der Waals surface area contributed by atoms with Crippen molar-refractivity contribution in [2.75, 3.05) is 6.61 Å². The van der Waals surface area contributed by atoms with Gasteiger partial charge in [-0.1, -0.05) is 0 Å². The third-order valence-corrected chi connectivity index (χ3v) is 4.86. The van der Waals surface area contributed by atoms with E-state index in [9.17, 15) is 9.50 Å². The van der Waals surface area contributed by atoms with E-state index in [-0.39, 0.29) is 11.9 Å². The van der Waals surface area contributed by atoms with Crippen LogP contribution in [0.15, 0.2) is 17.0 Å². The van der Waals surface area contributed by atoms with Crippen LogP contribution in [0.5, 0.6) is 0 Å². The third-order valence-electron chi connectivity index (χ3n) is 3.33. The summed E-state index contributed by atoms with van der Waals surface area (Å²) in [5.74, 6) is -0.258. The van der Waals surface area contributed by atoms with Gasteiger partial charge < -0.3 is 9.84 Å². The van der Waals surface area contributed by atoms with Gasteiger partial charge in [0.05, 0.1) is 12.2 Å². The smallest absolute Gasteiger partial charge is 0.126 e. The Balaban J connectivity index is 2.28. The zero-order valence-corrected chi connectivity index (χ0v) is 11.8. The summed E-state index contributed by atoms with van der Waals surface area (Å²) in [4.78, 5) is 0.964. The van der Waals surface area contributed by atoms with Gasteiger partial charge in [0.15, 0.2) is 0 Å². The van der Waals surface area contributed by atoms with Crippen LogP contribution in [-0.2, 0) is 4.74 Å². The Labute approximate surface area is 112 Å². The lowest BCUT2D eigenvalue weighted by molar-refractivity contribution is 0.127. The number of halogens is 1. The molecule has 3 atom stereocenters. The van der Waals surface area contributed by atoms with Crippen molar-refractivity contribution in [3.8, 4) is 0 Å². The summed E-state index contributed by atoms with van der Waals surface area (Å²) >= 11 is 1.69. The van der Waals surface area contributed by atoms with Crippen LogP contribution >= 0.6 is 11.8 Å². The van der Waals surface area contributed by atoms with Crippen molar-refractivity contribution in [2.45, 2.75) is 49.5 Å². The van der Waals surface area contributed by atoms with Crippen LogP contribution in [0.3, 0.4) is 0 Å². The first-order chi connectivity index (χ1) is 8.49. The molecular formula is C14H19FO2S. The molecule has 0 amide bonds. The molecule has 1 saturated heterocycles. The molecule has 0 aliphatic carbocycles. The van der Waals surface area contributed by atoms with Crippen molar-refractivity contribution in [1.29, 1.82) is 0 Å². The maximum Gasteiger partial charge on any atom is 0.126 e. The van der Waals surface area contributed by atoms with Crippen LogP contribution in [0.1, 0.15) is 37.5 Å². The molecule has 0 spiro atoms. The Hall–Kier alpha value is -0.580. The predicted molar refractivity (Wildman–Crippen MR) is 71.4 cm³/mol. The van der Waals surface area contributed by atoms with Crippen molar-refractivity contribution < 1.29 is 14.2 Å². The molecule has 2 nitrogen and oxygen atoms in total. The van der Waals surface area contributed by atoms with Crippen molar-refractivity contribution in [2.24, 2.45) is 0 Å². The third kappa shape index (κ3) is 2.87. The molecule has 0 radical (unpaired) electrons. The molecule has 1 aromatic carbocycles. The summed E-state index contributed by atoms with van der Waals surface area (Å²) < 4.78 is 19.1. The molecule has 1 heterocycles. The highest BCUT2D eigenvalue weighted by atomic mass is 32.2. The maximum atomic E-state index is 13.6. The van der Waals surface area contributed by atoms with Gasteiger partial charge in [0.1, 0.15) is 5.82 Å². The van der Waals surface area contributed by atoms with Gasteiger partial charge in [0.25, 0.3) is 0 Å².